The highest BCUT2D eigenvalue weighted by Crippen LogP contribution is 2.38. The van der Waals surface area contributed by atoms with E-state index in [1.165, 1.54) is 6.08 Å². The van der Waals surface area contributed by atoms with Gasteiger partial charge in [-0.05, 0) is 89.8 Å². The first-order chi connectivity index (χ1) is 16.7. The summed E-state index contributed by atoms with van der Waals surface area (Å²) < 4.78 is 12.4. The molecule has 0 spiro atoms. The first kappa shape index (κ1) is 26.6. The number of amides is 1. The molecule has 0 fully saturated rings. The van der Waals surface area contributed by atoms with E-state index in [2.05, 4.69) is 21.2 Å². The zero-order valence-corrected chi connectivity index (χ0v) is 22.5. The van der Waals surface area contributed by atoms with Crippen molar-refractivity contribution < 1.29 is 14.3 Å². The molecule has 3 aromatic rings. The Balaban J connectivity index is 1.87. The minimum Gasteiger partial charge on any atom is -0.490 e. The van der Waals surface area contributed by atoms with E-state index in [1.54, 1.807) is 36.4 Å². The summed E-state index contributed by atoms with van der Waals surface area (Å²) in [5, 5.41) is 13.5. The highest BCUT2D eigenvalue weighted by atomic mass is 79.9. The zero-order valence-electron chi connectivity index (χ0n) is 19.4. The predicted molar refractivity (Wildman–Crippen MR) is 144 cm³/mol. The molecule has 0 heterocycles. The Morgan fingerprint density at radius 1 is 1.14 bits per heavy atom. The number of rotatable bonds is 8. The molecular formula is C27H23BrCl2N2O3. The van der Waals surface area contributed by atoms with E-state index in [9.17, 15) is 10.1 Å². The molecule has 0 radical (unpaired) electrons. The number of nitriles is 1. The lowest BCUT2D eigenvalue weighted by molar-refractivity contribution is -0.112. The Kier molecular flexibility index (Phi) is 9.22. The standard InChI is InChI=1S/C27H23BrCl2N2O3/c1-4-34-25-12-18(10-20(14-31)27(33)32-24-7-5-6-16(2)17(24)3)11-22(28)26(25)35-15-19-8-9-21(29)13-23(19)30/h5-13H,4,15H2,1-3H3,(H,32,33)/b20-10-. The molecular weight excluding hydrogens is 551 g/mol. The maximum absolute atomic E-state index is 12.8. The van der Waals surface area contributed by atoms with E-state index >= 15 is 0 Å². The van der Waals surface area contributed by atoms with Gasteiger partial charge in [-0.15, -0.1) is 0 Å². The fraction of sp³-hybridized carbons (Fsp3) is 0.185. The van der Waals surface area contributed by atoms with Crippen molar-refractivity contribution >= 4 is 56.8 Å². The number of carbonyl (C=O) groups excluding carboxylic acids is 1. The highest BCUT2D eigenvalue weighted by Gasteiger charge is 2.16. The molecule has 180 valence electrons. The monoisotopic (exact) mass is 572 g/mol. The molecule has 1 amide bonds. The lowest BCUT2D eigenvalue weighted by Crippen LogP contribution is -2.14. The van der Waals surface area contributed by atoms with E-state index in [0.29, 0.717) is 43.9 Å². The van der Waals surface area contributed by atoms with Crippen molar-refractivity contribution in [3.8, 4) is 17.6 Å². The fourth-order valence-corrected chi connectivity index (χ4v) is 4.29. The van der Waals surface area contributed by atoms with Gasteiger partial charge in [-0.1, -0.05) is 41.4 Å². The van der Waals surface area contributed by atoms with Crippen LogP contribution in [0.4, 0.5) is 5.69 Å². The first-order valence-electron chi connectivity index (χ1n) is 10.8. The smallest absolute Gasteiger partial charge is 0.266 e. The molecule has 0 unspecified atom stereocenters. The van der Waals surface area contributed by atoms with Crippen molar-refractivity contribution in [2.24, 2.45) is 0 Å². The van der Waals surface area contributed by atoms with Crippen LogP contribution in [0.5, 0.6) is 11.5 Å². The largest absolute Gasteiger partial charge is 0.490 e. The van der Waals surface area contributed by atoms with Crippen LogP contribution in [0.1, 0.15) is 29.2 Å². The van der Waals surface area contributed by atoms with Crippen LogP contribution >= 0.6 is 39.1 Å². The van der Waals surface area contributed by atoms with Gasteiger partial charge in [0, 0.05) is 21.3 Å². The number of anilines is 1. The number of nitrogens with zero attached hydrogens (tertiary/aromatic N) is 1. The van der Waals surface area contributed by atoms with E-state index in [1.807, 2.05) is 39.0 Å². The van der Waals surface area contributed by atoms with Gasteiger partial charge >= 0.3 is 0 Å². The van der Waals surface area contributed by atoms with Crippen LogP contribution in [-0.2, 0) is 11.4 Å². The Bertz CT molecular complexity index is 1330. The van der Waals surface area contributed by atoms with Crippen LogP contribution in [0.15, 0.2) is 58.6 Å². The summed E-state index contributed by atoms with van der Waals surface area (Å²) in [5.74, 6) is 0.451. The summed E-state index contributed by atoms with van der Waals surface area (Å²) >= 11 is 15.7. The highest BCUT2D eigenvalue weighted by molar-refractivity contribution is 9.10. The summed E-state index contributed by atoms with van der Waals surface area (Å²) in [4.78, 5) is 12.8. The minimum atomic E-state index is -0.493. The van der Waals surface area contributed by atoms with Crippen molar-refractivity contribution in [1.82, 2.24) is 0 Å². The Labute approximate surface area is 223 Å². The molecule has 0 bridgehead atoms. The normalized spacial score (nSPS) is 11.1. The maximum Gasteiger partial charge on any atom is 0.266 e. The van der Waals surface area contributed by atoms with Gasteiger partial charge in [0.05, 0.1) is 11.1 Å². The van der Waals surface area contributed by atoms with Crippen molar-refractivity contribution in [3.05, 3.63) is 90.9 Å². The van der Waals surface area contributed by atoms with E-state index in [0.717, 1.165) is 16.7 Å². The Morgan fingerprint density at radius 3 is 2.60 bits per heavy atom. The predicted octanol–water partition coefficient (Wildman–Crippen LogP) is 7.90. The molecule has 0 aliphatic heterocycles. The zero-order chi connectivity index (χ0) is 25.5. The summed E-state index contributed by atoms with van der Waals surface area (Å²) in [7, 11) is 0. The molecule has 0 saturated heterocycles. The van der Waals surface area contributed by atoms with Gasteiger partial charge in [0.15, 0.2) is 11.5 Å². The first-order valence-corrected chi connectivity index (χ1v) is 12.3. The lowest BCUT2D eigenvalue weighted by atomic mass is 10.1. The lowest BCUT2D eigenvalue weighted by Gasteiger charge is -2.15. The summed E-state index contributed by atoms with van der Waals surface area (Å²) in [6, 6.07) is 16.3. The van der Waals surface area contributed by atoms with Gasteiger partial charge in [0.2, 0.25) is 0 Å². The van der Waals surface area contributed by atoms with Gasteiger partial charge in [0.1, 0.15) is 18.2 Å². The van der Waals surface area contributed by atoms with Crippen LogP contribution in [0.3, 0.4) is 0 Å². The number of carbonyl (C=O) groups is 1. The number of nitrogens with one attached hydrogen (secondary N) is 1. The van der Waals surface area contributed by atoms with Crippen LogP contribution in [0.2, 0.25) is 10.0 Å². The third kappa shape index (κ3) is 6.79. The molecule has 3 rings (SSSR count). The van der Waals surface area contributed by atoms with Gasteiger partial charge in [-0.3, -0.25) is 4.79 Å². The molecule has 3 aromatic carbocycles. The number of hydrogen-bond donors (Lipinski definition) is 1. The Hall–Kier alpha value is -2.98. The summed E-state index contributed by atoms with van der Waals surface area (Å²) in [5.41, 5.74) is 3.99. The molecule has 0 aliphatic rings. The summed E-state index contributed by atoms with van der Waals surface area (Å²) in [6.45, 7) is 6.33. The average Bonchev–Trinajstić information content (AvgIpc) is 2.81. The van der Waals surface area contributed by atoms with Crippen LogP contribution in [0.25, 0.3) is 6.08 Å². The van der Waals surface area contributed by atoms with Crippen LogP contribution in [0, 0.1) is 25.2 Å². The van der Waals surface area contributed by atoms with Gasteiger partial charge in [0.25, 0.3) is 5.91 Å². The van der Waals surface area contributed by atoms with Crippen LogP contribution in [-0.4, -0.2) is 12.5 Å². The number of aryl methyl sites for hydroxylation is 1. The third-order valence-corrected chi connectivity index (χ3v) is 6.42. The molecule has 1 N–H and O–H groups in total. The second-order valence-electron chi connectivity index (χ2n) is 7.66. The number of ether oxygens (including phenoxy) is 2. The third-order valence-electron chi connectivity index (χ3n) is 5.25. The second kappa shape index (κ2) is 12.1. The van der Waals surface area contributed by atoms with E-state index < -0.39 is 5.91 Å². The van der Waals surface area contributed by atoms with Crippen molar-refractivity contribution in [3.63, 3.8) is 0 Å². The second-order valence-corrected chi connectivity index (χ2v) is 9.36. The molecule has 0 aromatic heterocycles. The molecule has 0 aliphatic carbocycles. The quantitative estimate of drug-likeness (QED) is 0.219. The minimum absolute atomic E-state index is 0.0399. The van der Waals surface area contributed by atoms with Crippen LogP contribution < -0.4 is 14.8 Å². The van der Waals surface area contributed by atoms with Gasteiger partial charge in [-0.25, -0.2) is 0 Å². The fourth-order valence-electron chi connectivity index (χ4n) is 3.25. The van der Waals surface area contributed by atoms with Gasteiger partial charge < -0.3 is 14.8 Å². The average molecular weight is 574 g/mol. The van der Waals surface area contributed by atoms with Crippen molar-refractivity contribution in [2.75, 3.05) is 11.9 Å². The topological polar surface area (TPSA) is 71.3 Å². The molecule has 0 saturated carbocycles. The Morgan fingerprint density at radius 2 is 1.91 bits per heavy atom. The number of halogens is 3. The number of benzene rings is 3. The summed E-state index contributed by atoms with van der Waals surface area (Å²) in [6.07, 6.45) is 1.51. The maximum atomic E-state index is 12.8. The van der Waals surface area contributed by atoms with E-state index in [-0.39, 0.29) is 12.2 Å². The number of hydrogen-bond acceptors (Lipinski definition) is 4. The van der Waals surface area contributed by atoms with Gasteiger partial charge in [-0.2, -0.15) is 5.26 Å². The molecule has 0 atom stereocenters. The van der Waals surface area contributed by atoms with Crippen molar-refractivity contribution in [2.45, 2.75) is 27.4 Å². The van der Waals surface area contributed by atoms with Crippen molar-refractivity contribution in [1.29, 1.82) is 5.26 Å². The molecule has 35 heavy (non-hydrogen) atoms. The SMILES string of the molecule is CCOc1cc(/C=C(/C#N)C(=O)Nc2cccc(C)c2C)cc(Br)c1OCc1ccc(Cl)cc1Cl. The van der Waals surface area contributed by atoms with E-state index in [4.69, 9.17) is 32.7 Å². The molecule has 5 nitrogen and oxygen atoms in total. The molecule has 8 heteroatoms.